The highest BCUT2D eigenvalue weighted by molar-refractivity contribution is 5.92. The molecule has 0 unspecified atom stereocenters. The van der Waals surface area contributed by atoms with Gasteiger partial charge >= 0.3 is 18.2 Å². The number of halogens is 1. The zero-order valence-electron chi connectivity index (χ0n) is 22.8. The van der Waals surface area contributed by atoms with Crippen LogP contribution in [0.4, 0.5) is 25.4 Å². The van der Waals surface area contributed by atoms with E-state index in [0.29, 0.717) is 45.1 Å². The van der Waals surface area contributed by atoms with Gasteiger partial charge in [0.05, 0.1) is 56.5 Å². The smallest absolute Gasteiger partial charge is 0.419 e. The Kier molecular flexibility index (Phi) is 8.35. The Bertz CT molecular complexity index is 1310. The second kappa shape index (κ2) is 12.1. The van der Waals surface area contributed by atoms with Crippen molar-refractivity contribution in [2.75, 3.05) is 62.5 Å². The van der Waals surface area contributed by atoms with Crippen molar-refractivity contribution < 1.29 is 42.5 Å². The Morgan fingerprint density at radius 1 is 1.17 bits per heavy atom. The molecule has 3 aliphatic rings. The number of anilines is 2. The summed E-state index contributed by atoms with van der Waals surface area (Å²) < 4.78 is 37.3. The number of carbonyl (C=O) groups is 4. The number of imide groups is 1. The molecule has 5 rings (SSSR count). The van der Waals surface area contributed by atoms with Crippen molar-refractivity contribution >= 4 is 35.4 Å². The number of hydrogen-bond acceptors (Lipinski definition) is 11. The molecule has 3 aliphatic heterocycles. The standard InChI is InChI=1S/C26H31FN6O8/c1-17(34)32(25(36)40-16-39-24(35)15-30-5-7-38-8-6-30)12-20-13-33(26(37)41-20)19-3-4-23(21(27)9-19)31-11-18-10-29(2)28-22(18)14-31/h3-4,9-10,20H,5-8,11-16H2,1-2H3/t20-/m0/s1. The molecule has 41 heavy (non-hydrogen) atoms. The van der Waals surface area contributed by atoms with Gasteiger partial charge in [-0.3, -0.25) is 24.1 Å². The van der Waals surface area contributed by atoms with E-state index in [0.717, 1.165) is 23.1 Å². The first-order valence-electron chi connectivity index (χ1n) is 13.1. The summed E-state index contributed by atoms with van der Waals surface area (Å²) in [7, 11) is 1.84. The lowest BCUT2D eigenvalue weighted by Gasteiger charge is -2.25. The summed E-state index contributed by atoms with van der Waals surface area (Å²) in [5.74, 6) is -1.75. The maximum absolute atomic E-state index is 15.1. The fourth-order valence-corrected chi connectivity index (χ4v) is 4.96. The van der Waals surface area contributed by atoms with Gasteiger partial charge in [-0.1, -0.05) is 0 Å². The molecule has 1 aromatic carbocycles. The maximum atomic E-state index is 15.1. The van der Waals surface area contributed by atoms with Crippen LogP contribution in [0.15, 0.2) is 24.4 Å². The summed E-state index contributed by atoms with van der Waals surface area (Å²) in [5, 5.41) is 4.38. The third-order valence-corrected chi connectivity index (χ3v) is 7.00. The number of nitrogens with zero attached hydrogens (tertiary/aromatic N) is 6. The molecular weight excluding hydrogens is 543 g/mol. The molecule has 0 aliphatic carbocycles. The Hall–Kier alpha value is -4.24. The quantitative estimate of drug-likeness (QED) is 0.333. The van der Waals surface area contributed by atoms with Gasteiger partial charge in [0.2, 0.25) is 12.7 Å². The zero-order valence-corrected chi connectivity index (χ0v) is 22.8. The van der Waals surface area contributed by atoms with Crippen LogP contribution in [0.3, 0.4) is 0 Å². The number of ether oxygens (including phenoxy) is 4. The van der Waals surface area contributed by atoms with Crippen LogP contribution in [0, 0.1) is 5.82 Å². The highest BCUT2D eigenvalue weighted by atomic mass is 19.1. The summed E-state index contributed by atoms with van der Waals surface area (Å²) in [6.07, 6.45) is -0.774. The van der Waals surface area contributed by atoms with Crippen LogP contribution >= 0.6 is 0 Å². The molecule has 0 spiro atoms. The van der Waals surface area contributed by atoms with Crippen molar-refractivity contribution in [3.63, 3.8) is 0 Å². The lowest BCUT2D eigenvalue weighted by molar-refractivity contribution is -0.155. The van der Waals surface area contributed by atoms with Gasteiger partial charge in [-0.15, -0.1) is 0 Å². The van der Waals surface area contributed by atoms with E-state index >= 15 is 4.39 Å². The van der Waals surface area contributed by atoms with Crippen molar-refractivity contribution in [3.05, 3.63) is 41.5 Å². The Labute approximate surface area is 235 Å². The second-order valence-corrected chi connectivity index (χ2v) is 9.95. The largest absolute Gasteiger partial charge is 0.442 e. The van der Waals surface area contributed by atoms with Gasteiger partial charge in [-0.25, -0.2) is 18.9 Å². The van der Waals surface area contributed by atoms with Gasteiger partial charge in [0.15, 0.2) is 0 Å². The van der Waals surface area contributed by atoms with E-state index in [-0.39, 0.29) is 25.3 Å². The highest BCUT2D eigenvalue weighted by Gasteiger charge is 2.36. The number of aromatic nitrogens is 2. The summed E-state index contributed by atoms with van der Waals surface area (Å²) in [5.41, 5.74) is 2.58. The van der Waals surface area contributed by atoms with Crippen LogP contribution in [0.2, 0.25) is 0 Å². The van der Waals surface area contributed by atoms with Crippen LogP contribution in [-0.2, 0) is 48.7 Å². The van der Waals surface area contributed by atoms with Crippen molar-refractivity contribution in [2.45, 2.75) is 26.1 Å². The molecule has 3 amide bonds. The number of benzene rings is 1. The summed E-state index contributed by atoms with van der Waals surface area (Å²) in [6.45, 7) is 3.40. The predicted octanol–water partition coefficient (Wildman–Crippen LogP) is 1.22. The molecule has 4 heterocycles. The Morgan fingerprint density at radius 2 is 1.95 bits per heavy atom. The number of aryl methyl sites for hydroxylation is 1. The van der Waals surface area contributed by atoms with Crippen LogP contribution in [0.25, 0.3) is 0 Å². The van der Waals surface area contributed by atoms with Crippen LogP contribution < -0.4 is 9.80 Å². The number of carbonyl (C=O) groups excluding carboxylic acids is 4. The SMILES string of the molecule is CC(=O)N(C[C@H]1CN(c2ccc(N3Cc4cn(C)nc4C3)c(F)c2)C(=O)O1)C(=O)OCOC(=O)CN1CCOCC1. The van der Waals surface area contributed by atoms with E-state index in [9.17, 15) is 19.2 Å². The molecule has 0 radical (unpaired) electrons. The molecule has 1 atom stereocenters. The van der Waals surface area contributed by atoms with Gasteiger partial charge in [0.25, 0.3) is 0 Å². The lowest BCUT2D eigenvalue weighted by Crippen LogP contribution is -2.43. The monoisotopic (exact) mass is 574 g/mol. The number of hydrogen-bond donors (Lipinski definition) is 0. The first kappa shape index (κ1) is 28.3. The summed E-state index contributed by atoms with van der Waals surface area (Å²) >= 11 is 0. The average Bonchev–Trinajstić information content (AvgIpc) is 3.59. The van der Waals surface area contributed by atoms with Crippen molar-refractivity contribution in [1.82, 2.24) is 19.6 Å². The number of amides is 3. The van der Waals surface area contributed by atoms with Gasteiger partial charge in [0, 0.05) is 45.4 Å². The molecule has 15 heteroatoms. The first-order chi connectivity index (χ1) is 19.7. The minimum absolute atomic E-state index is 0.0236. The van der Waals surface area contributed by atoms with Gasteiger partial charge in [0.1, 0.15) is 11.9 Å². The van der Waals surface area contributed by atoms with E-state index in [1.54, 1.807) is 16.8 Å². The normalized spacial score (nSPS) is 18.7. The fourth-order valence-electron chi connectivity index (χ4n) is 4.96. The minimum Gasteiger partial charge on any atom is -0.442 e. The fraction of sp³-hybridized carbons (Fsp3) is 0.500. The third-order valence-electron chi connectivity index (χ3n) is 7.00. The molecule has 2 saturated heterocycles. The third kappa shape index (κ3) is 6.57. The van der Waals surface area contributed by atoms with Gasteiger partial charge < -0.3 is 23.8 Å². The summed E-state index contributed by atoms with van der Waals surface area (Å²) in [4.78, 5) is 54.9. The topological polar surface area (TPSA) is 136 Å². The average molecular weight is 575 g/mol. The Morgan fingerprint density at radius 3 is 2.66 bits per heavy atom. The number of esters is 1. The molecule has 0 saturated carbocycles. The van der Waals surface area contributed by atoms with Crippen LogP contribution in [-0.4, -0.2) is 102 Å². The second-order valence-electron chi connectivity index (χ2n) is 9.95. The minimum atomic E-state index is -1.05. The lowest BCUT2D eigenvalue weighted by atomic mass is 10.2. The molecule has 2 aromatic rings. The number of rotatable bonds is 8. The van der Waals surface area contributed by atoms with E-state index in [2.05, 4.69) is 5.10 Å². The van der Waals surface area contributed by atoms with E-state index < -0.39 is 42.8 Å². The van der Waals surface area contributed by atoms with E-state index in [1.807, 2.05) is 23.0 Å². The van der Waals surface area contributed by atoms with E-state index in [1.165, 1.54) is 11.0 Å². The van der Waals surface area contributed by atoms with Crippen LogP contribution in [0.1, 0.15) is 18.2 Å². The molecule has 0 bridgehead atoms. The maximum Gasteiger partial charge on any atom is 0.419 e. The number of fused-ring (bicyclic) bond motifs is 1. The predicted molar refractivity (Wildman–Crippen MR) is 139 cm³/mol. The molecule has 0 N–H and O–H groups in total. The van der Waals surface area contributed by atoms with Gasteiger partial charge in [-0.05, 0) is 18.2 Å². The molecule has 14 nitrogen and oxygen atoms in total. The first-order valence-corrected chi connectivity index (χ1v) is 13.1. The van der Waals surface area contributed by atoms with Gasteiger partial charge in [-0.2, -0.15) is 5.10 Å². The molecule has 220 valence electrons. The number of morpholine rings is 1. The molecule has 2 fully saturated rings. The van der Waals surface area contributed by atoms with Crippen LogP contribution in [0.5, 0.6) is 0 Å². The van der Waals surface area contributed by atoms with Crippen molar-refractivity contribution in [1.29, 1.82) is 0 Å². The van der Waals surface area contributed by atoms with Crippen molar-refractivity contribution in [3.8, 4) is 0 Å². The molecule has 1 aromatic heterocycles. The van der Waals surface area contributed by atoms with E-state index in [4.69, 9.17) is 18.9 Å². The summed E-state index contributed by atoms with van der Waals surface area (Å²) in [6, 6.07) is 4.45. The Balaban J connectivity index is 1.13. The number of cyclic esters (lactones) is 1. The zero-order chi connectivity index (χ0) is 29.1. The van der Waals surface area contributed by atoms with Crippen molar-refractivity contribution in [2.24, 2.45) is 7.05 Å². The molecular formula is C26H31FN6O8. The highest BCUT2D eigenvalue weighted by Crippen LogP contribution is 2.32.